The Kier molecular flexibility index (Phi) is 7.74. The van der Waals surface area contributed by atoms with Crippen molar-refractivity contribution in [3.63, 3.8) is 0 Å². The SMILES string of the molecule is O=C(OC[C@H]1O[C@@H](n2cnc3c(=O)[nH]cnc32)[C@@H](OC(=O)c2ccccc2)[C@@H]1OC(=O)c1ccccc1)c1ccccc1. The summed E-state index contributed by atoms with van der Waals surface area (Å²) in [7, 11) is 0. The summed E-state index contributed by atoms with van der Waals surface area (Å²) >= 11 is 0. The first-order chi connectivity index (χ1) is 21.0. The number of aromatic amines is 1. The zero-order chi connectivity index (χ0) is 29.8. The van der Waals surface area contributed by atoms with Gasteiger partial charge < -0.3 is 23.9 Å². The van der Waals surface area contributed by atoms with Gasteiger partial charge in [-0.25, -0.2) is 24.4 Å². The molecule has 0 spiro atoms. The monoisotopic (exact) mass is 580 g/mol. The Morgan fingerprint density at radius 3 is 1.86 bits per heavy atom. The molecule has 216 valence electrons. The Morgan fingerprint density at radius 2 is 1.28 bits per heavy atom. The summed E-state index contributed by atoms with van der Waals surface area (Å²) in [6.07, 6.45) is -2.24. The highest BCUT2D eigenvalue weighted by Crippen LogP contribution is 2.36. The van der Waals surface area contributed by atoms with Crippen molar-refractivity contribution in [2.45, 2.75) is 24.5 Å². The minimum atomic E-state index is -1.26. The molecule has 1 N–H and O–H groups in total. The smallest absolute Gasteiger partial charge is 0.338 e. The summed E-state index contributed by atoms with van der Waals surface area (Å²) in [5.41, 5.74) is 0.491. The second kappa shape index (κ2) is 12.1. The van der Waals surface area contributed by atoms with Crippen LogP contribution < -0.4 is 5.56 Å². The van der Waals surface area contributed by atoms with Crippen LogP contribution in [0.15, 0.2) is 108 Å². The van der Waals surface area contributed by atoms with Crippen molar-refractivity contribution in [2.24, 2.45) is 0 Å². The molecule has 1 aliphatic heterocycles. The van der Waals surface area contributed by atoms with E-state index in [1.807, 2.05) is 0 Å². The summed E-state index contributed by atoms with van der Waals surface area (Å²) < 4.78 is 25.1. The van der Waals surface area contributed by atoms with Crippen molar-refractivity contribution >= 4 is 29.1 Å². The van der Waals surface area contributed by atoms with Crippen LogP contribution in [0.4, 0.5) is 0 Å². The molecule has 1 saturated heterocycles. The second-order valence-corrected chi connectivity index (χ2v) is 9.56. The van der Waals surface area contributed by atoms with Crippen LogP contribution >= 0.6 is 0 Å². The maximum atomic E-state index is 13.3. The largest absolute Gasteiger partial charge is 0.459 e. The minimum Gasteiger partial charge on any atom is -0.459 e. The van der Waals surface area contributed by atoms with Crippen molar-refractivity contribution in [1.29, 1.82) is 0 Å². The number of benzene rings is 3. The maximum Gasteiger partial charge on any atom is 0.338 e. The van der Waals surface area contributed by atoms with Crippen LogP contribution in [-0.2, 0) is 18.9 Å². The number of imidazole rings is 1. The predicted molar refractivity (Wildman–Crippen MR) is 150 cm³/mol. The van der Waals surface area contributed by atoms with Crippen molar-refractivity contribution < 1.29 is 33.3 Å². The Balaban J connectivity index is 1.37. The number of hydrogen-bond donors (Lipinski definition) is 1. The average molecular weight is 581 g/mol. The molecule has 0 aliphatic carbocycles. The van der Waals surface area contributed by atoms with Gasteiger partial charge in [-0.2, -0.15) is 0 Å². The van der Waals surface area contributed by atoms with Gasteiger partial charge in [0.05, 0.1) is 29.3 Å². The van der Waals surface area contributed by atoms with Crippen LogP contribution in [0.5, 0.6) is 0 Å². The lowest BCUT2D eigenvalue weighted by molar-refractivity contribution is -0.0606. The Labute approximate surface area is 243 Å². The second-order valence-electron chi connectivity index (χ2n) is 9.56. The van der Waals surface area contributed by atoms with E-state index in [9.17, 15) is 19.2 Å². The van der Waals surface area contributed by atoms with Crippen LogP contribution in [0, 0.1) is 0 Å². The zero-order valence-electron chi connectivity index (χ0n) is 22.4. The Morgan fingerprint density at radius 1 is 0.744 bits per heavy atom. The van der Waals surface area contributed by atoms with Gasteiger partial charge in [0.15, 0.2) is 29.6 Å². The number of carbonyl (C=O) groups is 3. The quantitative estimate of drug-likeness (QED) is 0.214. The number of H-pyrrole nitrogens is 1. The van der Waals surface area contributed by atoms with Gasteiger partial charge in [-0.1, -0.05) is 54.6 Å². The Bertz CT molecular complexity index is 1810. The molecular weight excluding hydrogens is 556 g/mol. The van der Waals surface area contributed by atoms with E-state index in [2.05, 4.69) is 15.0 Å². The van der Waals surface area contributed by atoms with Gasteiger partial charge in [0.25, 0.3) is 5.56 Å². The molecule has 0 radical (unpaired) electrons. The fourth-order valence-electron chi connectivity index (χ4n) is 4.73. The molecule has 1 fully saturated rings. The number of nitrogens with one attached hydrogen (secondary N) is 1. The first kappa shape index (κ1) is 27.5. The van der Waals surface area contributed by atoms with E-state index in [0.717, 1.165) is 0 Å². The topological polar surface area (TPSA) is 152 Å². The number of fused-ring (bicyclic) bond motifs is 1. The first-order valence-electron chi connectivity index (χ1n) is 13.3. The third kappa shape index (κ3) is 5.76. The molecule has 0 amide bonds. The molecule has 5 aromatic rings. The van der Waals surface area contributed by atoms with Crippen LogP contribution in [0.1, 0.15) is 37.3 Å². The van der Waals surface area contributed by atoms with Gasteiger partial charge >= 0.3 is 17.9 Å². The summed E-state index contributed by atoms with van der Waals surface area (Å²) in [4.78, 5) is 62.5. The van der Waals surface area contributed by atoms with Crippen molar-refractivity contribution in [2.75, 3.05) is 6.61 Å². The highest BCUT2D eigenvalue weighted by Gasteiger charge is 2.51. The van der Waals surface area contributed by atoms with E-state index in [1.54, 1.807) is 91.0 Å². The van der Waals surface area contributed by atoms with E-state index in [4.69, 9.17) is 18.9 Å². The molecule has 12 nitrogen and oxygen atoms in total. The van der Waals surface area contributed by atoms with E-state index in [-0.39, 0.29) is 28.9 Å². The third-order valence-electron chi connectivity index (χ3n) is 6.82. The van der Waals surface area contributed by atoms with Crippen molar-refractivity contribution in [1.82, 2.24) is 19.5 Å². The summed E-state index contributed by atoms with van der Waals surface area (Å²) in [5.74, 6) is -2.04. The lowest BCUT2D eigenvalue weighted by atomic mass is 10.1. The summed E-state index contributed by atoms with van der Waals surface area (Å²) in [6, 6.07) is 24.9. The van der Waals surface area contributed by atoms with Gasteiger partial charge in [-0.15, -0.1) is 0 Å². The molecule has 4 atom stereocenters. The molecule has 43 heavy (non-hydrogen) atoms. The molecule has 3 heterocycles. The number of hydrogen-bond acceptors (Lipinski definition) is 10. The lowest BCUT2D eigenvalue weighted by Gasteiger charge is -2.25. The van der Waals surface area contributed by atoms with Crippen molar-refractivity contribution in [3.8, 4) is 0 Å². The lowest BCUT2D eigenvalue weighted by Crippen LogP contribution is -2.41. The molecule has 12 heteroatoms. The van der Waals surface area contributed by atoms with E-state index in [0.29, 0.717) is 5.56 Å². The highest BCUT2D eigenvalue weighted by molar-refractivity contribution is 5.91. The number of carbonyl (C=O) groups excluding carboxylic acids is 3. The van der Waals surface area contributed by atoms with Crippen molar-refractivity contribution in [3.05, 3.63) is 131 Å². The van der Waals surface area contributed by atoms with Gasteiger partial charge in [0.2, 0.25) is 0 Å². The summed E-state index contributed by atoms with van der Waals surface area (Å²) in [5, 5.41) is 0. The fourth-order valence-corrected chi connectivity index (χ4v) is 4.73. The minimum absolute atomic E-state index is 0.0241. The standard InChI is InChI=1S/C31H24N4O8/c36-27-23-26(32-17-33-27)35(18-34-23)28-25(43-31(39)21-14-8-3-9-15-21)24(42-30(38)20-12-6-2-7-13-20)22(41-28)16-40-29(37)19-10-4-1-5-11-19/h1-15,17-18,22,24-25,28H,16H2,(H,32,33,36)/t22-,24-,25+,28-/m1/s1. The fraction of sp³-hybridized carbons (Fsp3) is 0.161. The van der Waals surface area contributed by atoms with Gasteiger partial charge in [0, 0.05) is 0 Å². The first-order valence-corrected chi connectivity index (χ1v) is 13.3. The highest BCUT2D eigenvalue weighted by atomic mass is 16.7. The van der Waals surface area contributed by atoms with Crippen LogP contribution in [0.3, 0.4) is 0 Å². The number of ether oxygens (including phenoxy) is 4. The molecule has 0 bridgehead atoms. The summed E-state index contributed by atoms with van der Waals surface area (Å²) in [6.45, 7) is -0.350. The normalized spacial score (nSPS) is 19.5. The third-order valence-corrected chi connectivity index (χ3v) is 6.82. The van der Waals surface area contributed by atoms with E-state index >= 15 is 0 Å². The molecule has 2 aromatic heterocycles. The molecule has 3 aromatic carbocycles. The Hall–Kier alpha value is -5.62. The number of rotatable bonds is 8. The number of aromatic nitrogens is 4. The molecule has 0 unspecified atom stereocenters. The van der Waals surface area contributed by atoms with Crippen LogP contribution in [-0.4, -0.2) is 62.3 Å². The van der Waals surface area contributed by atoms with Gasteiger partial charge in [-0.05, 0) is 36.4 Å². The molecule has 6 rings (SSSR count). The van der Waals surface area contributed by atoms with Crippen LogP contribution in [0.2, 0.25) is 0 Å². The zero-order valence-corrected chi connectivity index (χ0v) is 22.4. The van der Waals surface area contributed by atoms with Crippen LogP contribution in [0.25, 0.3) is 11.2 Å². The van der Waals surface area contributed by atoms with E-state index in [1.165, 1.54) is 17.2 Å². The van der Waals surface area contributed by atoms with Gasteiger partial charge in [-0.3, -0.25) is 9.36 Å². The van der Waals surface area contributed by atoms with Gasteiger partial charge in [0.1, 0.15) is 12.7 Å². The molecule has 0 saturated carbocycles. The number of esters is 3. The average Bonchev–Trinajstić information content (AvgIpc) is 3.63. The number of nitrogens with zero attached hydrogens (tertiary/aromatic N) is 3. The maximum absolute atomic E-state index is 13.3. The predicted octanol–water partition coefficient (Wildman–Crippen LogP) is 3.33. The van der Waals surface area contributed by atoms with E-state index < -0.39 is 48.0 Å². The molecule has 1 aliphatic rings. The molecular formula is C31H24N4O8.